The zero-order chi connectivity index (χ0) is 29.5. The minimum atomic E-state index is -0.506. The molecule has 1 N–H and O–H groups in total. The van der Waals surface area contributed by atoms with Crippen molar-refractivity contribution in [3.8, 4) is 6.07 Å². The summed E-state index contributed by atoms with van der Waals surface area (Å²) in [7, 11) is 3.13. The van der Waals surface area contributed by atoms with Gasteiger partial charge < -0.3 is 14.6 Å². The van der Waals surface area contributed by atoms with Crippen molar-refractivity contribution in [1.29, 1.82) is 5.26 Å². The van der Waals surface area contributed by atoms with Crippen LogP contribution in [0.2, 0.25) is 0 Å². The van der Waals surface area contributed by atoms with Gasteiger partial charge in [-0.3, -0.25) is 9.69 Å². The Balaban J connectivity index is 1.67. The Morgan fingerprint density at radius 3 is 2.52 bits per heavy atom. The average Bonchev–Trinajstić information content (AvgIpc) is 3.39. The molecule has 0 saturated carbocycles. The fraction of sp³-hybridized carbons (Fsp3) is 0.500. The summed E-state index contributed by atoms with van der Waals surface area (Å²) >= 11 is 0. The van der Waals surface area contributed by atoms with Crippen LogP contribution in [0.15, 0.2) is 42.6 Å². The molecule has 8 heteroatoms. The highest BCUT2D eigenvalue weighted by atomic mass is 16.5. The molecule has 2 heterocycles. The molecule has 2 aromatic rings. The predicted octanol–water partition coefficient (Wildman–Crippen LogP) is 6.81. The molecule has 0 unspecified atom stereocenters. The standard InChI is InChI=1S/C32H41N5O3/c1-21(18-32(6)16-15-31(4,5)37(32)29(39)40-8)23-9-10-26(25(17-23)22-11-13-30(2,3)14-12-22)35-28(38)27-34-24(19-33)20-36(27)7/h9-11,15-17,20-21H,12-14,18H2,1-8H3,(H,35,38)/t21-,32+/m1/s1. The maximum absolute atomic E-state index is 13.2. The highest BCUT2D eigenvalue weighted by molar-refractivity contribution is 6.03. The van der Waals surface area contributed by atoms with Crippen molar-refractivity contribution in [3.63, 3.8) is 0 Å². The smallest absolute Gasteiger partial charge is 0.410 e. The topological polar surface area (TPSA) is 100 Å². The van der Waals surface area contributed by atoms with E-state index >= 15 is 0 Å². The van der Waals surface area contributed by atoms with Crippen LogP contribution in [0, 0.1) is 16.7 Å². The lowest BCUT2D eigenvalue weighted by atomic mass is 9.76. The molecule has 2 aliphatic rings. The van der Waals surface area contributed by atoms with Crippen LogP contribution in [0.4, 0.5) is 10.5 Å². The number of nitrogens with one attached hydrogen (secondary N) is 1. The lowest BCUT2D eigenvalue weighted by Gasteiger charge is -2.42. The van der Waals surface area contributed by atoms with E-state index in [2.05, 4.69) is 62.3 Å². The molecule has 1 aliphatic heterocycles. The van der Waals surface area contributed by atoms with Gasteiger partial charge >= 0.3 is 6.09 Å². The first-order chi connectivity index (χ1) is 18.7. The van der Waals surface area contributed by atoms with Crippen LogP contribution in [-0.4, -0.2) is 44.6 Å². The second kappa shape index (κ2) is 10.6. The molecule has 2 atom stereocenters. The number of rotatable bonds is 6. The Hall–Kier alpha value is -3.86. The maximum atomic E-state index is 13.2. The van der Waals surface area contributed by atoms with Gasteiger partial charge in [-0.1, -0.05) is 45.1 Å². The first kappa shape index (κ1) is 29.1. The molecule has 1 aromatic carbocycles. The van der Waals surface area contributed by atoms with E-state index in [1.807, 2.05) is 36.9 Å². The molecule has 4 rings (SSSR count). The van der Waals surface area contributed by atoms with E-state index in [-0.39, 0.29) is 34.9 Å². The van der Waals surface area contributed by atoms with Gasteiger partial charge in [0.2, 0.25) is 0 Å². The highest BCUT2D eigenvalue weighted by Crippen LogP contribution is 2.44. The van der Waals surface area contributed by atoms with Gasteiger partial charge in [0.15, 0.2) is 11.5 Å². The van der Waals surface area contributed by atoms with Crippen LogP contribution in [0.5, 0.6) is 0 Å². The Labute approximate surface area is 237 Å². The molecule has 40 heavy (non-hydrogen) atoms. The van der Waals surface area contributed by atoms with E-state index in [1.165, 1.54) is 12.7 Å². The van der Waals surface area contributed by atoms with Crippen molar-refractivity contribution >= 4 is 23.3 Å². The van der Waals surface area contributed by atoms with E-state index in [1.54, 1.807) is 17.8 Å². The van der Waals surface area contributed by atoms with Gasteiger partial charge in [-0.15, -0.1) is 0 Å². The van der Waals surface area contributed by atoms with E-state index in [9.17, 15) is 14.9 Å². The number of aryl methyl sites for hydroxylation is 1. The number of amides is 2. The second-order valence-corrected chi connectivity index (χ2v) is 12.8. The summed E-state index contributed by atoms with van der Waals surface area (Å²) < 4.78 is 6.71. The third kappa shape index (κ3) is 5.70. The van der Waals surface area contributed by atoms with Gasteiger partial charge in [-0.05, 0) is 81.1 Å². The minimum Gasteiger partial charge on any atom is -0.453 e. The van der Waals surface area contributed by atoms with Crippen LogP contribution in [0.3, 0.4) is 0 Å². The number of benzene rings is 1. The summed E-state index contributed by atoms with van der Waals surface area (Å²) in [5.74, 6) is -0.0555. The van der Waals surface area contributed by atoms with Gasteiger partial charge in [0, 0.05) is 24.5 Å². The van der Waals surface area contributed by atoms with E-state index in [0.29, 0.717) is 6.42 Å². The van der Waals surface area contributed by atoms with Crippen molar-refractivity contribution in [2.75, 3.05) is 12.4 Å². The SMILES string of the molecule is COC(=O)N1C(C)(C)C=C[C@@]1(C)C[C@@H](C)c1ccc(NC(=O)c2nc(C#N)cn2C)c(C2=CCC(C)(C)CC2)c1. The van der Waals surface area contributed by atoms with Crippen molar-refractivity contribution in [2.24, 2.45) is 12.5 Å². The van der Waals surface area contributed by atoms with Crippen LogP contribution in [-0.2, 0) is 11.8 Å². The molecule has 2 amide bonds. The Kier molecular flexibility index (Phi) is 7.72. The van der Waals surface area contributed by atoms with Crippen molar-refractivity contribution in [2.45, 2.75) is 84.2 Å². The number of imidazole rings is 1. The zero-order valence-corrected chi connectivity index (χ0v) is 25.0. The molecule has 1 aromatic heterocycles. The van der Waals surface area contributed by atoms with Gasteiger partial charge in [0.1, 0.15) is 6.07 Å². The fourth-order valence-electron chi connectivity index (χ4n) is 6.10. The number of hydrogen-bond acceptors (Lipinski definition) is 5. The molecule has 212 valence electrons. The van der Waals surface area contributed by atoms with E-state index < -0.39 is 11.1 Å². The number of aromatic nitrogens is 2. The highest BCUT2D eigenvalue weighted by Gasteiger charge is 2.47. The molecule has 0 bridgehead atoms. The van der Waals surface area contributed by atoms with Crippen molar-refractivity contribution in [1.82, 2.24) is 14.5 Å². The molecule has 0 radical (unpaired) electrons. The second-order valence-electron chi connectivity index (χ2n) is 12.8. The van der Waals surface area contributed by atoms with Gasteiger partial charge in [-0.2, -0.15) is 5.26 Å². The molecular weight excluding hydrogens is 502 g/mol. The Morgan fingerprint density at radius 1 is 1.20 bits per heavy atom. The lowest BCUT2D eigenvalue weighted by Crippen LogP contribution is -2.54. The molecule has 0 saturated heterocycles. The van der Waals surface area contributed by atoms with Crippen LogP contribution < -0.4 is 5.32 Å². The summed E-state index contributed by atoms with van der Waals surface area (Å²) in [6.07, 6.45) is 11.3. The summed E-state index contributed by atoms with van der Waals surface area (Å²) in [5, 5.41) is 12.3. The maximum Gasteiger partial charge on any atom is 0.410 e. The number of nitriles is 1. The van der Waals surface area contributed by atoms with Gasteiger partial charge in [-0.25, -0.2) is 9.78 Å². The number of hydrogen-bond donors (Lipinski definition) is 1. The normalized spacial score (nSPS) is 21.9. The number of carbonyl (C=O) groups excluding carboxylic acids is 2. The third-order valence-corrected chi connectivity index (χ3v) is 8.39. The lowest BCUT2D eigenvalue weighted by molar-refractivity contribution is 0.0528. The Morgan fingerprint density at radius 2 is 1.93 bits per heavy atom. The number of allylic oxidation sites excluding steroid dienone is 2. The largest absolute Gasteiger partial charge is 0.453 e. The van der Waals surface area contributed by atoms with Crippen LogP contribution in [0.1, 0.15) is 101 Å². The molecule has 0 fully saturated rings. The molecule has 8 nitrogen and oxygen atoms in total. The first-order valence-corrected chi connectivity index (χ1v) is 13.9. The van der Waals surface area contributed by atoms with Crippen LogP contribution in [0.25, 0.3) is 5.57 Å². The number of ether oxygens (including phenoxy) is 1. The number of anilines is 1. The van der Waals surface area contributed by atoms with Crippen molar-refractivity contribution in [3.05, 3.63) is 65.3 Å². The number of carbonyl (C=O) groups is 2. The zero-order valence-electron chi connectivity index (χ0n) is 25.0. The average molecular weight is 544 g/mol. The van der Waals surface area contributed by atoms with E-state index in [0.717, 1.165) is 36.1 Å². The summed E-state index contributed by atoms with van der Waals surface area (Å²) in [4.78, 5) is 32.0. The Bertz CT molecular complexity index is 1420. The fourth-order valence-corrected chi connectivity index (χ4v) is 6.10. The predicted molar refractivity (Wildman–Crippen MR) is 157 cm³/mol. The van der Waals surface area contributed by atoms with Gasteiger partial charge in [0.05, 0.1) is 18.2 Å². The summed E-state index contributed by atoms with van der Waals surface area (Å²) in [5.41, 5.74) is 3.56. The minimum absolute atomic E-state index is 0.118. The first-order valence-electron chi connectivity index (χ1n) is 13.9. The molecular formula is C32H41N5O3. The summed E-state index contributed by atoms with van der Waals surface area (Å²) in [6.45, 7) is 12.8. The summed E-state index contributed by atoms with van der Waals surface area (Å²) in [6, 6.07) is 8.18. The third-order valence-electron chi connectivity index (χ3n) is 8.39. The molecule has 1 aliphatic carbocycles. The van der Waals surface area contributed by atoms with E-state index in [4.69, 9.17) is 4.74 Å². The van der Waals surface area contributed by atoms with Gasteiger partial charge in [0.25, 0.3) is 5.91 Å². The van der Waals surface area contributed by atoms with Crippen molar-refractivity contribution < 1.29 is 14.3 Å². The quantitative estimate of drug-likeness (QED) is 0.404. The van der Waals surface area contributed by atoms with Crippen LogP contribution >= 0.6 is 0 Å². The number of methoxy groups -OCH3 is 1. The molecule has 0 spiro atoms. The monoisotopic (exact) mass is 543 g/mol. The number of nitrogens with zero attached hydrogens (tertiary/aromatic N) is 4.